The van der Waals surface area contributed by atoms with Crippen LogP contribution >= 0.6 is 0 Å². The number of carbonyl (C=O) groups is 1. The zero-order valence-electron chi connectivity index (χ0n) is 11.5. The van der Waals surface area contributed by atoms with Crippen LogP contribution in [-0.2, 0) is 14.9 Å². The second-order valence-electron chi connectivity index (χ2n) is 5.21. The van der Waals surface area contributed by atoms with Crippen LogP contribution in [-0.4, -0.2) is 25.1 Å². The topological polar surface area (TPSA) is 92.7 Å². The van der Waals surface area contributed by atoms with Crippen LogP contribution in [0.3, 0.4) is 0 Å². The molecule has 1 rings (SSSR count). The summed E-state index contributed by atoms with van der Waals surface area (Å²) in [6.07, 6.45) is 0. The summed E-state index contributed by atoms with van der Waals surface area (Å²) >= 11 is 0. The fraction of sp³-hybridized carbons (Fsp3) is 0.417. The van der Waals surface area contributed by atoms with E-state index in [1.165, 1.54) is 6.92 Å². The Balaban J connectivity index is 3.23. The molecule has 112 valence electrons. The zero-order valence-corrected chi connectivity index (χ0v) is 12.3. The molecule has 0 radical (unpaired) electrons. The normalized spacial score (nSPS) is 12.4. The standard InChI is InChI=1S/C12H16FNO5S/c1-7-5-8(6-9(10(7)13)11(15)16)20(17,18)14-19-12(2,3)4/h5-6,14H,1-4H3,(H,15,16). The molecule has 0 spiro atoms. The van der Waals surface area contributed by atoms with Gasteiger partial charge in [-0.1, -0.05) is 4.89 Å². The van der Waals surface area contributed by atoms with E-state index in [4.69, 9.17) is 9.94 Å². The SMILES string of the molecule is Cc1cc(S(=O)(=O)NOC(C)(C)C)cc(C(=O)O)c1F. The maximum atomic E-state index is 13.6. The molecule has 0 unspecified atom stereocenters. The first-order chi connectivity index (χ1) is 8.94. The van der Waals surface area contributed by atoms with Crippen LogP contribution in [0.25, 0.3) is 0 Å². The van der Waals surface area contributed by atoms with Crippen molar-refractivity contribution >= 4 is 16.0 Å². The largest absolute Gasteiger partial charge is 0.478 e. The van der Waals surface area contributed by atoms with Gasteiger partial charge in [-0.3, -0.25) is 4.84 Å². The number of aromatic carboxylic acids is 1. The minimum absolute atomic E-state index is 0.0824. The fourth-order valence-corrected chi connectivity index (χ4v) is 2.34. The van der Waals surface area contributed by atoms with Crippen molar-refractivity contribution in [3.8, 4) is 0 Å². The highest BCUT2D eigenvalue weighted by atomic mass is 32.2. The molecule has 0 aromatic heterocycles. The number of sulfonamides is 1. The summed E-state index contributed by atoms with van der Waals surface area (Å²) in [4.78, 5) is 17.3. The van der Waals surface area contributed by atoms with Crippen molar-refractivity contribution in [3.63, 3.8) is 0 Å². The molecule has 0 aliphatic carbocycles. The molecular weight excluding hydrogens is 289 g/mol. The van der Waals surface area contributed by atoms with Gasteiger partial charge in [0.15, 0.2) is 0 Å². The Morgan fingerprint density at radius 1 is 1.35 bits per heavy atom. The Kier molecular flexibility index (Phi) is 4.52. The van der Waals surface area contributed by atoms with Gasteiger partial charge in [-0.2, -0.15) is 0 Å². The lowest BCUT2D eigenvalue weighted by Crippen LogP contribution is -2.33. The first kappa shape index (κ1) is 16.5. The molecule has 0 amide bonds. The number of carboxylic acid groups (broad SMARTS) is 1. The number of rotatable bonds is 4. The Labute approximate surface area is 116 Å². The average Bonchev–Trinajstić information content (AvgIpc) is 2.28. The second kappa shape index (κ2) is 5.47. The summed E-state index contributed by atoms with van der Waals surface area (Å²) in [6, 6.07) is 1.79. The molecule has 8 heteroatoms. The Bertz CT molecular complexity index is 634. The highest BCUT2D eigenvalue weighted by molar-refractivity contribution is 7.89. The maximum absolute atomic E-state index is 13.6. The summed E-state index contributed by atoms with van der Waals surface area (Å²) < 4.78 is 37.5. The van der Waals surface area contributed by atoms with E-state index in [9.17, 15) is 17.6 Å². The minimum atomic E-state index is -4.09. The lowest BCUT2D eigenvalue weighted by atomic mass is 10.1. The lowest BCUT2D eigenvalue weighted by molar-refractivity contribution is -0.0357. The quantitative estimate of drug-likeness (QED) is 0.828. The van der Waals surface area contributed by atoms with E-state index in [0.717, 1.165) is 12.1 Å². The van der Waals surface area contributed by atoms with Crippen molar-refractivity contribution < 1.29 is 27.5 Å². The third kappa shape index (κ3) is 3.99. The molecule has 0 atom stereocenters. The molecule has 1 aromatic carbocycles. The first-order valence-corrected chi connectivity index (χ1v) is 7.15. The molecule has 0 aliphatic heterocycles. The molecule has 6 nitrogen and oxygen atoms in total. The molecule has 0 heterocycles. The molecule has 0 saturated heterocycles. The number of halogens is 1. The monoisotopic (exact) mass is 305 g/mol. The number of nitrogens with one attached hydrogen (secondary N) is 1. The second-order valence-corrected chi connectivity index (χ2v) is 6.85. The Morgan fingerprint density at radius 2 is 1.90 bits per heavy atom. The van der Waals surface area contributed by atoms with Gasteiger partial charge in [-0.15, -0.1) is 0 Å². The summed E-state index contributed by atoms with van der Waals surface area (Å²) in [7, 11) is -4.09. The van der Waals surface area contributed by atoms with E-state index in [-0.39, 0.29) is 10.5 Å². The van der Waals surface area contributed by atoms with Crippen LogP contribution in [0, 0.1) is 12.7 Å². The summed E-state index contributed by atoms with van der Waals surface area (Å²) in [6.45, 7) is 6.18. The Hall–Kier alpha value is -1.51. The van der Waals surface area contributed by atoms with E-state index in [2.05, 4.69) is 0 Å². The van der Waals surface area contributed by atoms with E-state index >= 15 is 0 Å². The first-order valence-electron chi connectivity index (χ1n) is 5.67. The molecular formula is C12H16FNO5S. The van der Waals surface area contributed by atoms with Gasteiger partial charge < -0.3 is 5.11 Å². The van der Waals surface area contributed by atoms with Gasteiger partial charge in [-0.05, 0) is 45.4 Å². The van der Waals surface area contributed by atoms with Gasteiger partial charge in [0.2, 0.25) is 0 Å². The summed E-state index contributed by atoms with van der Waals surface area (Å²) in [5, 5.41) is 8.85. The van der Waals surface area contributed by atoms with E-state index in [1.54, 1.807) is 20.8 Å². The highest BCUT2D eigenvalue weighted by Crippen LogP contribution is 2.20. The van der Waals surface area contributed by atoms with Crippen molar-refractivity contribution in [1.29, 1.82) is 0 Å². The van der Waals surface area contributed by atoms with Crippen molar-refractivity contribution in [2.45, 2.75) is 38.2 Å². The maximum Gasteiger partial charge on any atom is 0.338 e. The van der Waals surface area contributed by atoms with Crippen LogP contribution in [0.2, 0.25) is 0 Å². The smallest absolute Gasteiger partial charge is 0.338 e. The zero-order chi connectivity index (χ0) is 15.7. The van der Waals surface area contributed by atoms with Gasteiger partial charge in [0, 0.05) is 0 Å². The highest BCUT2D eigenvalue weighted by Gasteiger charge is 2.23. The molecule has 2 N–H and O–H groups in total. The summed E-state index contributed by atoms with van der Waals surface area (Å²) in [5.41, 5.74) is -1.56. The molecule has 0 aliphatic rings. The van der Waals surface area contributed by atoms with E-state index in [0.29, 0.717) is 0 Å². The van der Waals surface area contributed by atoms with Crippen LogP contribution in [0.4, 0.5) is 4.39 Å². The van der Waals surface area contributed by atoms with Crippen molar-refractivity contribution in [3.05, 3.63) is 29.1 Å². The number of benzene rings is 1. The molecule has 20 heavy (non-hydrogen) atoms. The van der Waals surface area contributed by atoms with Gasteiger partial charge in [0.1, 0.15) is 5.82 Å². The molecule has 0 saturated carbocycles. The van der Waals surface area contributed by atoms with Gasteiger partial charge in [-0.25, -0.2) is 17.6 Å². The minimum Gasteiger partial charge on any atom is -0.478 e. The third-order valence-electron chi connectivity index (χ3n) is 2.23. The summed E-state index contributed by atoms with van der Waals surface area (Å²) in [5.74, 6) is -2.51. The predicted molar refractivity (Wildman–Crippen MR) is 69.3 cm³/mol. The molecule has 1 aromatic rings. The van der Waals surface area contributed by atoms with Crippen LogP contribution < -0.4 is 4.89 Å². The lowest BCUT2D eigenvalue weighted by Gasteiger charge is -2.19. The Morgan fingerprint density at radius 3 is 2.35 bits per heavy atom. The van der Waals surface area contributed by atoms with Gasteiger partial charge in [0.05, 0.1) is 16.1 Å². The van der Waals surface area contributed by atoms with Gasteiger partial charge >= 0.3 is 5.97 Å². The number of hydrogen-bond donors (Lipinski definition) is 2. The van der Waals surface area contributed by atoms with E-state index in [1.807, 2.05) is 4.89 Å². The van der Waals surface area contributed by atoms with Crippen LogP contribution in [0.5, 0.6) is 0 Å². The van der Waals surface area contributed by atoms with Crippen molar-refractivity contribution in [2.24, 2.45) is 0 Å². The third-order valence-corrected chi connectivity index (χ3v) is 3.39. The predicted octanol–water partition coefficient (Wildman–Crippen LogP) is 1.84. The fourth-order valence-electron chi connectivity index (χ4n) is 1.28. The van der Waals surface area contributed by atoms with E-state index < -0.39 is 33.0 Å². The number of carboxylic acids is 1. The van der Waals surface area contributed by atoms with Crippen molar-refractivity contribution in [2.75, 3.05) is 0 Å². The van der Waals surface area contributed by atoms with Gasteiger partial charge in [0.25, 0.3) is 10.0 Å². The van der Waals surface area contributed by atoms with Crippen molar-refractivity contribution in [1.82, 2.24) is 4.89 Å². The van der Waals surface area contributed by atoms with Crippen LogP contribution in [0.15, 0.2) is 17.0 Å². The van der Waals surface area contributed by atoms with Crippen LogP contribution in [0.1, 0.15) is 36.7 Å². The number of aryl methyl sites for hydroxylation is 1. The number of hydrogen-bond acceptors (Lipinski definition) is 4. The molecule has 0 bridgehead atoms. The average molecular weight is 305 g/mol. The molecule has 0 fully saturated rings.